The molecule has 10 heteroatoms. The number of carbonyl (C=O) groups excluding carboxylic acids is 5. The Kier molecular flexibility index (Phi) is 7.51. The molecule has 9 nitrogen and oxygen atoms in total. The van der Waals surface area contributed by atoms with Crippen molar-refractivity contribution in [3.63, 3.8) is 0 Å². The van der Waals surface area contributed by atoms with Gasteiger partial charge in [0.1, 0.15) is 15.9 Å². The second-order valence-electron chi connectivity index (χ2n) is 7.91. The minimum atomic E-state index is -1.14. The lowest BCUT2D eigenvalue weighted by molar-refractivity contribution is -0.121. The number of ether oxygens (including phenoxy) is 2. The molecule has 0 saturated heterocycles. The van der Waals surface area contributed by atoms with Crippen LogP contribution in [-0.2, 0) is 14.3 Å². The lowest BCUT2D eigenvalue weighted by Crippen LogP contribution is -2.50. The van der Waals surface area contributed by atoms with Gasteiger partial charge in [-0.3, -0.25) is 19.3 Å². The molecule has 3 rings (SSSR count). The van der Waals surface area contributed by atoms with E-state index in [0.717, 1.165) is 16.2 Å². The zero-order valence-corrected chi connectivity index (χ0v) is 20.4. The lowest BCUT2D eigenvalue weighted by atomic mass is 10.0. The summed E-state index contributed by atoms with van der Waals surface area (Å²) in [6, 6.07) is 5.23. The van der Waals surface area contributed by atoms with Crippen LogP contribution >= 0.6 is 11.3 Å². The van der Waals surface area contributed by atoms with Crippen LogP contribution < -0.4 is 5.32 Å². The molecule has 2 heterocycles. The highest BCUT2D eigenvalue weighted by atomic mass is 32.1. The Balaban J connectivity index is 1.99. The number of amides is 3. The van der Waals surface area contributed by atoms with Crippen LogP contribution in [-0.4, -0.2) is 53.8 Å². The SMILES string of the molecule is CCOC(=O)c1sc(NC(=O)C(C(C)C)N2C(=O)c3ccccc3C2=O)c(C(=O)OCC)c1C. The zero-order valence-electron chi connectivity index (χ0n) is 19.6. The minimum absolute atomic E-state index is 0.0353. The summed E-state index contributed by atoms with van der Waals surface area (Å²) < 4.78 is 10.2. The van der Waals surface area contributed by atoms with E-state index >= 15 is 0 Å². The third-order valence-corrected chi connectivity index (χ3v) is 6.51. The first-order valence-electron chi connectivity index (χ1n) is 10.9. The number of thiophene rings is 1. The highest BCUT2D eigenvalue weighted by Gasteiger charge is 2.44. The molecule has 0 radical (unpaired) electrons. The van der Waals surface area contributed by atoms with Gasteiger partial charge < -0.3 is 14.8 Å². The number of fused-ring (bicyclic) bond motifs is 1. The maximum atomic E-state index is 13.4. The lowest BCUT2D eigenvalue weighted by Gasteiger charge is -2.28. The molecule has 0 spiro atoms. The Morgan fingerprint density at radius 3 is 2.00 bits per heavy atom. The largest absolute Gasteiger partial charge is 0.462 e. The number of hydrogen-bond acceptors (Lipinski definition) is 8. The van der Waals surface area contributed by atoms with Gasteiger partial charge in [0.05, 0.1) is 29.9 Å². The summed E-state index contributed by atoms with van der Waals surface area (Å²) in [7, 11) is 0. The van der Waals surface area contributed by atoms with E-state index in [9.17, 15) is 24.0 Å². The number of rotatable bonds is 8. The van der Waals surface area contributed by atoms with Gasteiger partial charge in [-0.05, 0) is 44.4 Å². The van der Waals surface area contributed by atoms with Gasteiger partial charge in [0.15, 0.2) is 0 Å². The number of anilines is 1. The van der Waals surface area contributed by atoms with E-state index in [1.807, 2.05) is 0 Å². The van der Waals surface area contributed by atoms with Crippen molar-refractivity contribution < 1.29 is 33.4 Å². The molecule has 0 fully saturated rings. The average molecular weight is 487 g/mol. The van der Waals surface area contributed by atoms with Crippen molar-refractivity contribution in [2.24, 2.45) is 5.92 Å². The summed E-state index contributed by atoms with van der Waals surface area (Å²) in [4.78, 5) is 65.5. The van der Waals surface area contributed by atoms with E-state index in [0.29, 0.717) is 5.56 Å². The first-order valence-corrected chi connectivity index (χ1v) is 11.7. The van der Waals surface area contributed by atoms with Crippen LogP contribution in [0.15, 0.2) is 24.3 Å². The second-order valence-corrected chi connectivity index (χ2v) is 8.93. The first-order chi connectivity index (χ1) is 16.1. The number of carbonyl (C=O) groups is 5. The summed E-state index contributed by atoms with van der Waals surface area (Å²) >= 11 is 0.882. The van der Waals surface area contributed by atoms with Gasteiger partial charge in [0, 0.05) is 0 Å². The third kappa shape index (κ3) is 4.45. The summed E-state index contributed by atoms with van der Waals surface area (Å²) in [6.07, 6.45) is 0. The normalized spacial score (nSPS) is 13.6. The zero-order chi connectivity index (χ0) is 25.2. The predicted octanol–water partition coefficient (Wildman–Crippen LogP) is 3.67. The predicted molar refractivity (Wildman–Crippen MR) is 125 cm³/mol. The number of esters is 2. The molecule has 1 atom stereocenters. The van der Waals surface area contributed by atoms with Crippen LogP contribution in [0.4, 0.5) is 5.00 Å². The van der Waals surface area contributed by atoms with Gasteiger partial charge in [0.25, 0.3) is 11.8 Å². The van der Waals surface area contributed by atoms with E-state index in [4.69, 9.17) is 9.47 Å². The van der Waals surface area contributed by atoms with Crippen molar-refractivity contribution in [3.8, 4) is 0 Å². The van der Waals surface area contributed by atoms with E-state index in [1.54, 1.807) is 46.8 Å². The molecule has 1 unspecified atom stereocenters. The average Bonchev–Trinajstić information content (AvgIpc) is 3.23. The number of nitrogens with one attached hydrogen (secondary N) is 1. The van der Waals surface area contributed by atoms with E-state index < -0.39 is 41.6 Å². The second kappa shape index (κ2) is 10.2. The summed E-state index contributed by atoms with van der Waals surface area (Å²) in [5, 5.41) is 2.75. The molecular weight excluding hydrogens is 460 g/mol. The van der Waals surface area contributed by atoms with Gasteiger partial charge in [-0.2, -0.15) is 0 Å². The molecule has 1 aliphatic heterocycles. The molecule has 1 aromatic heterocycles. The molecule has 1 N–H and O–H groups in total. The van der Waals surface area contributed by atoms with Crippen molar-refractivity contribution in [1.29, 1.82) is 0 Å². The molecule has 1 aliphatic rings. The molecule has 180 valence electrons. The Bertz CT molecular complexity index is 1130. The molecule has 2 aromatic rings. The molecule has 34 heavy (non-hydrogen) atoms. The summed E-state index contributed by atoms with van der Waals surface area (Å²) in [6.45, 7) is 8.52. The molecule has 3 amide bonds. The number of hydrogen-bond donors (Lipinski definition) is 1. The maximum Gasteiger partial charge on any atom is 0.348 e. The highest BCUT2D eigenvalue weighted by molar-refractivity contribution is 7.18. The molecular formula is C24H26N2O7S. The van der Waals surface area contributed by atoms with Crippen LogP contribution in [0.3, 0.4) is 0 Å². The van der Waals surface area contributed by atoms with Crippen molar-refractivity contribution in [3.05, 3.63) is 51.4 Å². The number of imide groups is 1. The van der Waals surface area contributed by atoms with Gasteiger partial charge in [0.2, 0.25) is 5.91 Å². The topological polar surface area (TPSA) is 119 Å². The van der Waals surface area contributed by atoms with Crippen LogP contribution in [0.25, 0.3) is 0 Å². The van der Waals surface area contributed by atoms with Crippen molar-refractivity contribution in [1.82, 2.24) is 4.90 Å². The highest BCUT2D eigenvalue weighted by Crippen LogP contribution is 2.35. The Labute approximate surface area is 201 Å². The van der Waals surface area contributed by atoms with Crippen molar-refractivity contribution >= 4 is 46.0 Å². The monoisotopic (exact) mass is 486 g/mol. The van der Waals surface area contributed by atoms with Gasteiger partial charge >= 0.3 is 11.9 Å². The van der Waals surface area contributed by atoms with E-state index in [-0.39, 0.29) is 39.8 Å². The molecule has 1 aromatic carbocycles. The Morgan fingerprint density at radius 2 is 1.50 bits per heavy atom. The number of nitrogens with zero attached hydrogens (tertiary/aromatic N) is 1. The smallest absolute Gasteiger partial charge is 0.348 e. The fourth-order valence-electron chi connectivity index (χ4n) is 3.81. The molecule has 0 saturated carbocycles. The fourth-order valence-corrected chi connectivity index (χ4v) is 4.90. The minimum Gasteiger partial charge on any atom is -0.462 e. The molecule has 0 bridgehead atoms. The quantitative estimate of drug-likeness (QED) is 0.447. The van der Waals surface area contributed by atoms with Gasteiger partial charge in [-0.25, -0.2) is 9.59 Å². The Hall–Kier alpha value is -3.53. The fraction of sp³-hybridized carbons (Fsp3) is 0.375. The third-order valence-electron chi connectivity index (χ3n) is 5.33. The van der Waals surface area contributed by atoms with E-state index in [1.165, 1.54) is 12.1 Å². The van der Waals surface area contributed by atoms with Gasteiger partial charge in [-0.15, -0.1) is 11.3 Å². The standard InChI is InChI=1S/C24H26N2O7S/c1-6-32-23(30)16-13(5)18(24(31)33-7-2)34-20(16)25-19(27)17(12(3)4)26-21(28)14-10-8-9-11-15(14)22(26)29/h8-12,17H,6-7H2,1-5H3,(H,25,27). The molecule has 0 aliphatic carbocycles. The van der Waals surface area contributed by atoms with Crippen LogP contribution in [0.1, 0.15) is 74.0 Å². The maximum absolute atomic E-state index is 13.4. The van der Waals surface area contributed by atoms with Crippen molar-refractivity contribution in [2.45, 2.75) is 40.7 Å². The van der Waals surface area contributed by atoms with Crippen LogP contribution in [0.2, 0.25) is 0 Å². The van der Waals surface area contributed by atoms with Crippen LogP contribution in [0, 0.1) is 12.8 Å². The van der Waals surface area contributed by atoms with Crippen LogP contribution in [0.5, 0.6) is 0 Å². The Morgan fingerprint density at radius 1 is 0.971 bits per heavy atom. The van der Waals surface area contributed by atoms with E-state index in [2.05, 4.69) is 5.32 Å². The first kappa shape index (κ1) is 25.1. The van der Waals surface area contributed by atoms with Crippen molar-refractivity contribution in [2.75, 3.05) is 18.5 Å². The van der Waals surface area contributed by atoms with Gasteiger partial charge in [-0.1, -0.05) is 26.0 Å². The summed E-state index contributed by atoms with van der Waals surface area (Å²) in [5.41, 5.74) is 0.816. The summed E-state index contributed by atoms with van der Waals surface area (Å²) in [5.74, 6) is -3.55. The number of benzene rings is 1.